The average Bonchev–Trinajstić information content (AvgIpc) is 2.76. The van der Waals surface area contributed by atoms with Crippen LogP contribution in [0.25, 0.3) is 11.0 Å². The van der Waals surface area contributed by atoms with Crippen LogP contribution in [0, 0.1) is 13.8 Å². The second kappa shape index (κ2) is 4.24. The van der Waals surface area contributed by atoms with E-state index in [1.165, 1.54) is 11.1 Å². The zero-order chi connectivity index (χ0) is 13.4. The number of rotatable bonds is 2. The van der Waals surface area contributed by atoms with Crippen LogP contribution in [0.2, 0.25) is 0 Å². The number of aromatic amines is 1. The highest BCUT2D eigenvalue weighted by Gasteiger charge is 2.07. The SMILES string of the molecule is Cc1cccc(Nc2ncc3c(N)[nH]nc3n2)c1C. The Balaban J connectivity index is 1.99. The van der Waals surface area contributed by atoms with Crippen molar-refractivity contribution >= 4 is 28.5 Å². The van der Waals surface area contributed by atoms with Crippen LogP contribution in [0.15, 0.2) is 24.4 Å². The van der Waals surface area contributed by atoms with Crippen LogP contribution in [0.3, 0.4) is 0 Å². The molecular formula is C13H14N6. The lowest BCUT2D eigenvalue weighted by atomic mass is 10.1. The first kappa shape index (κ1) is 11.5. The van der Waals surface area contributed by atoms with E-state index in [0.29, 0.717) is 17.4 Å². The van der Waals surface area contributed by atoms with Gasteiger partial charge in [0.1, 0.15) is 5.82 Å². The number of nitrogens with one attached hydrogen (secondary N) is 2. The Kier molecular flexibility index (Phi) is 2.56. The third-order valence-electron chi connectivity index (χ3n) is 3.19. The summed E-state index contributed by atoms with van der Waals surface area (Å²) < 4.78 is 0. The van der Waals surface area contributed by atoms with Gasteiger partial charge in [0.05, 0.1) is 5.39 Å². The van der Waals surface area contributed by atoms with Gasteiger partial charge in [-0.1, -0.05) is 12.1 Å². The number of hydrogen-bond donors (Lipinski definition) is 3. The fourth-order valence-electron chi connectivity index (χ4n) is 1.89. The van der Waals surface area contributed by atoms with E-state index in [9.17, 15) is 0 Å². The van der Waals surface area contributed by atoms with Gasteiger partial charge in [-0.2, -0.15) is 10.1 Å². The number of fused-ring (bicyclic) bond motifs is 1. The quantitative estimate of drug-likeness (QED) is 0.652. The van der Waals surface area contributed by atoms with Crippen molar-refractivity contribution in [3.05, 3.63) is 35.5 Å². The summed E-state index contributed by atoms with van der Waals surface area (Å²) in [7, 11) is 0. The van der Waals surface area contributed by atoms with Crippen molar-refractivity contribution in [2.75, 3.05) is 11.1 Å². The number of aromatic nitrogens is 4. The maximum absolute atomic E-state index is 5.70. The van der Waals surface area contributed by atoms with E-state index in [0.717, 1.165) is 11.1 Å². The number of aryl methyl sites for hydroxylation is 1. The van der Waals surface area contributed by atoms with E-state index in [1.54, 1.807) is 6.20 Å². The van der Waals surface area contributed by atoms with E-state index in [4.69, 9.17) is 5.73 Å². The van der Waals surface area contributed by atoms with Crippen LogP contribution in [-0.4, -0.2) is 20.2 Å². The minimum absolute atomic E-state index is 0.480. The maximum Gasteiger partial charge on any atom is 0.229 e. The van der Waals surface area contributed by atoms with Crippen molar-refractivity contribution in [1.29, 1.82) is 0 Å². The van der Waals surface area contributed by atoms with E-state index in [-0.39, 0.29) is 0 Å². The fourth-order valence-corrected chi connectivity index (χ4v) is 1.89. The molecule has 0 atom stereocenters. The lowest BCUT2D eigenvalue weighted by molar-refractivity contribution is 1.09. The fraction of sp³-hybridized carbons (Fsp3) is 0.154. The molecule has 1 aromatic carbocycles. The highest BCUT2D eigenvalue weighted by Crippen LogP contribution is 2.22. The molecule has 0 bridgehead atoms. The van der Waals surface area contributed by atoms with Crippen molar-refractivity contribution in [3.8, 4) is 0 Å². The zero-order valence-electron chi connectivity index (χ0n) is 10.7. The maximum atomic E-state index is 5.70. The highest BCUT2D eigenvalue weighted by molar-refractivity contribution is 5.85. The molecule has 0 saturated heterocycles. The molecular weight excluding hydrogens is 240 g/mol. The summed E-state index contributed by atoms with van der Waals surface area (Å²) in [5.41, 5.74) is 9.64. The Bertz CT molecular complexity index is 746. The summed E-state index contributed by atoms with van der Waals surface area (Å²) in [5, 5.41) is 10.6. The summed E-state index contributed by atoms with van der Waals surface area (Å²) in [5.74, 6) is 0.987. The van der Waals surface area contributed by atoms with Crippen molar-refractivity contribution < 1.29 is 0 Å². The van der Waals surface area contributed by atoms with Gasteiger partial charge in [-0.15, -0.1) is 0 Å². The Hall–Kier alpha value is -2.63. The predicted molar refractivity (Wildman–Crippen MR) is 75.3 cm³/mol. The van der Waals surface area contributed by atoms with Crippen LogP contribution < -0.4 is 11.1 Å². The zero-order valence-corrected chi connectivity index (χ0v) is 10.7. The molecule has 3 aromatic rings. The predicted octanol–water partition coefficient (Wildman–Crippen LogP) is 2.30. The van der Waals surface area contributed by atoms with Gasteiger partial charge in [-0.3, -0.25) is 5.10 Å². The molecule has 0 spiro atoms. The third-order valence-corrected chi connectivity index (χ3v) is 3.19. The van der Waals surface area contributed by atoms with Gasteiger partial charge in [-0.25, -0.2) is 4.98 Å². The summed E-state index contributed by atoms with van der Waals surface area (Å²) in [4.78, 5) is 8.56. The molecule has 2 aromatic heterocycles. The number of nitrogens with zero attached hydrogens (tertiary/aromatic N) is 3. The Labute approximate surface area is 110 Å². The molecule has 3 rings (SSSR count). The third kappa shape index (κ3) is 1.97. The van der Waals surface area contributed by atoms with E-state index >= 15 is 0 Å². The minimum Gasteiger partial charge on any atom is -0.383 e. The van der Waals surface area contributed by atoms with Gasteiger partial charge in [-0.05, 0) is 31.0 Å². The molecule has 6 nitrogen and oxygen atoms in total. The molecule has 0 radical (unpaired) electrons. The van der Waals surface area contributed by atoms with Gasteiger partial charge < -0.3 is 11.1 Å². The second-order valence-corrected chi connectivity index (χ2v) is 4.44. The smallest absolute Gasteiger partial charge is 0.229 e. The first-order chi connectivity index (χ1) is 9.15. The normalized spacial score (nSPS) is 10.8. The second-order valence-electron chi connectivity index (χ2n) is 4.44. The molecule has 96 valence electrons. The van der Waals surface area contributed by atoms with E-state index in [2.05, 4.69) is 45.4 Å². The first-order valence-corrected chi connectivity index (χ1v) is 5.95. The standard InChI is InChI=1S/C13H14N6/c1-7-4-3-5-10(8(7)2)16-13-15-6-9-11(14)18-19-12(9)17-13/h3-6H,1-2H3,(H4,14,15,16,17,18,19). The van der Waals surface area contributed by atoms with Gasteiger partial charge in [0.15, 0.2) is 5.65 Å². The summed E-state index contributed by atoms with van der Waals surface area (Å²) in [6.07, 6.45) is 1.66. The molecule has 4 N–H and O–H groups in total. The molecule has 0 amide bonds. The molecule has 0 fully saturated rings. The van der Waals surface area contributed by atoms with Gasteiger partial charge in [0.2, 0.25) is 5.95 Å². The first-order valence-electron chi connectivity index (χ1n) is 5.95. The average molecular weight is 254 g/mol. The summed E-state index contributed by atoms with van der Waals surface area (Å²) >= 11 is 0. The van der Waals surface area contributed by atoms with Gasteiger partial charge >= 0.3 is 0 Å². The summed E-state index contributed by atoms with van der Waals surface area (Å²) in [6, 6.07) is 6.06. The van der Waals surface area contributed by atoms with Crippen molar-refractivity contribution in [2.24, 2.45) is 0 Å². The molecule has 0 aliphatic carbocycles. The van der Waals surface area contributed by atoms with Gasteiger partial charge in [0, 0.05) is 11.9 Å². The number of hydrogen-bond acceptors (Lipinski definition) is 5. The number of nitrogen functional groups attached to an aromatic ring is 1. The van der Waals surface area contributed by atoms with Crippen LogP contribution in [0.1, 0.15) is 11.1 Å². The van der Waals surface area contributed by atoms with Crippen molar-refractivity contribution in [2.45, 2.75) is 13.8 Å². The molecule has 0 unspecified atom stereocenters. The number of anilines is 3. The number of benzene rings is 1. The molecule has 2 heterocycles. The van der Waals surface area contributed by atoms with E-state index < -0.39 is 0 Å². The lowest BCUT2D eigenvalue weighted by Gasteiger charge is -2.09. The van der Waals surface area contributed by atoms with Crippen LogP contribution in [0.4, 0.5) is 17.5 Å². The molecule has 19 heavy (non-hydrogen) atoms. The van der Waals surface area contributed by atoms with Crippen LogP contribution in [0.5, 0.6) is 0 Å². The minimum atomic E-state index is 0.480. The molecule has 0 aliphatic heterocycles. The van der Waals surface area contributed by atoms with Crippen LogP contribution >= 0.6 is 0 Å². The lowest BCUT2D eigenvalue weighted by Crippen LogP contribution is -1.99. The van der Waals surface area contributed by atoms with Gasteiger partial charge in [0.25, 0.3) is 0 Å². The topological polar surface area (TPSA) is 92.5 Å². The van der Waals surface area contributed by atoms with E-state index in [1.807, 2.05) is 12.1 Å². The Morgan fingerprint density at radius 3 is 2.95 bits per heavy atom. The monoisotopic (exact) mass is 254 g/mol. The molecule has 0 aliphatic rings. The Morgan fingerprint density at radius 1 is 1.26 bits per heavy atom. The Morgan fingerprint density at radius 2 is 2.11 bits per heavy atom. The highest BCUT2D eigenvalue weighted by atomic mass is 15.2. The molecule has 6 heteroatoms. The summed E-state index contributed by atoms with van der Waals surface area (Å²) in [6.45, 7) is 4.13. The van der Waals surface area contributed by atoms with Crippen LogP contribution in [-0.2, 0) is 0 Å². The van der Waals surface area contributed by atoms with Crippen molar-refractivity contribution in [1.82, 2.24) is 20.2 Å². The molecule has 0 saturated carbocycles. The largest absolute Gasteiger partial charge is 0.383 e. The number of nitrogens with two attached hydrogens (primary N) is 1. The number of H-pyrrole nitrogens is 1. The van der Waals surface area contributed by atoms with Crippen molar-refractivity contribution in [3.63, 3.8) is 0 Å².